The van der Waals surface area contributed by atoms with E-state index in [1.54, 1.807) is 12.1 Å². The zero-order valence-electron chi connectivity index (χ0n) is 12.1. The first kappa shape index (κ1) is 14.9. The van der Waals surface area contributed by atoms with Crippen LogP contribution in [-0.4, -0.2) is 21.4 Å². The molecule has 0 bridgehead atoms. The molecule has 2 aromatic rings. The van der Waals surface area contributed by atoms with E-state index in [1.165, 1.54) is 24.5 Å². The van der Waals surface area contributed by atoms with Crippen LogP contribution in [-0.2, 0) is 0 Å². The fraction of sp³-hybridized carbons (Fsp3) is 0.267. The van der Waals surface area contributed by atoms with E-state index >= 15 is 0 Å². The van der Waals surface area contributed by atoms with Gasteiger partial charge in [0.15, 0.2) is 0 Å². The highest BCUT2D eigenvalue weighted by Crippen LogP contribution is 2.15. The van der Waals surface area contributed by atoms with Crippen LogP contribution in [0.2, 0.25) is 0 Å². The van der Waals surface area contributed by atoms with Gasteiger partial charge in [-0.25, -0.2) is 14.4 Å². The Hall–Kier alpha value is -2.50. The average Bonchev–Trinajstić information content (AvgIpc) is 2.37. The summed E-state index contributed by atoms with van der Waals surface area (Å²) in [5.41, 5.74) is 0.452. The summed E-state index contributed by atoms with van der Waals surface area (Å²) in [6.07, 6.45) is 1.29. The van der Waals surface area contributed by atoms with Gasteiger partial charge in [-0.15, -0.1) is 0 Å². The molecule has 0 saturated carbocycles. The molecule has 2 N–H and O–H groups in total. The number of carbonyl (C=O) groups excluding carboxylic acids is 1. The van der Waals surface area contributed by atoms with E-state index in [0.717, 1.165) is 0 Å². The number of carbonyl (C=O) groups is 1. The van der Waals surface area contributed by atoms with Gasteiger partial charge in [0.1, 0.15) is 23.7 Å². The Kier molecular flexibility index (Phi) is 4.16. The van der Waals surface area contributed by atoms with Crippen molar-refractivity contribution in [2.45, 2.75) is 26.3 Å². The second-order valence-electron chi connectivity index (χ2n) is 5.63. The highest BCUT2D eigenvalue weighted by molar-refractivity contribution is 5.93. The molecular formula is C15H17FN4O. The predicted molar refractivity (Wildman–Crippen MR) is 78.9 cm³/mol. The molecule has 6 heteroatoms. The number of nitrogens with zero attached hydrogens (tertiary/aromatic N) is 2. The lowest BCUT2D eigenvalue weighted by molar-refractivity contribution is 0.0914. The van der Waals surface area contributed by atoms with Crippen molar-refractivity contribution in [3.05, 3.63) is 48.2 Å². The molecule has 0 unspecified atom stereocenters. The van der Waals surface area contributed by atoms with Crippen LogP contribution in [0.4, 0.5) is 15.9 Å². The first-order valence-corrected chi connectivity index (χ1v) is 6.51. The van der Waals surface area contributed by atoms with E-state index in [0.29, 0.717) is 11.5 Å². The minimum atomic E-state index is -0.349. The number of benzene rings is 1. The maximum Gasteiger partial charge on any atom is 0.270 e. The summed E-state index contributed by atoms with van der Waals surface area (Å²) in [4.78, 5) is 20.0. The molecule has 0 aliphatic heterocycles. The fourth-order valence-electron chi connectivity index (χ4n) is 1.67. The van der Waals surface area contributed by atoms with Crippen molar-refractivity contribution in [3.63, 3.8) is 0 Å². The maximum atomic E-state index is 13.1. The molecule has 0 aliphatic rings. The standard InChI is InChI=1S/C15H17FN4O/c1-15(2,3)20-14(21)12-8-13(18-9-17-12)19-11-6-4-5-10(16)7-11/h4-9H,1-3H3,(H,20,21)(H,17,18,19). The Balaban J connectivity index is 2.16. The summed E-state index contributed by atoms with van der Waals surface area (Å²) < 4.78 is 13.1. The van der Waals surface area contributed by atoms with Gasteiger partial charge < -0.3 is 10.6 Å². The monoisotopic (exact) mass is 288 g/mol. The second-order valence-corrected chi connectivity index (χ2v) is 5.63. The van der Waals surface area contributed by atoms with Gasteiger partial charge in [-0.3, -0.25) is 4.79 Å². The maximum absolute atomic E-state index is 13.1. The van der Waals surface area contributed by atoms with Crippen molar-refractivity contribution in [1.29, 1.82) is 0 Å². The highest BCUT2D eigenvalue weighted by Gasteiger charge is 2.16. The molecule has 5 nitrogen and oxygen atoms in total. The third-order valence-electron chi connectivity index (χ3n) is 2.49. The van der Waals surface area contributed by atoms with Crippen molar-refractivity contribution in [2.24, 2.45) is 0 Å². The third-order valence-corrected chi connectivity index (χ3v) is 2.49. The van der Waals surface area contributed by atoms with Crippen LogP contribution >= 0.6 is 0 Å². The van der Waals surface area contributed by atoms with Crippen LogP contribution < -0.4 is 10.6 Å². The van der Waals surface area contributed by atoms with Crippen molar-refractivity contribution in [3.8, 4) is 0 Å². The second kappa shape index (κ2) is 5.87. The van der Waals surface area contributed by atoms with Crippen LogP contribution in [0.5, 0.6) is 0 Å². The Morgan fingerprint density at radius 3 is 2.62 bits per heavy atom. The van der Waals surface area contributed by atoms with E-state index < -0.39 is 0 Å². The minimum absolute atomic E-state index is 0.249. The Morgan fingerprint density at radius 2 is 1.95 bits per heavy atom. The first-order chi connectivity index (χ1) is 9.83. The molecule has 1 amide bonds. The third kappa shape index (κ3) is 4.52. The van der Waals surface area contributed by atoms with Crippen LogP contribution in [0.3, 0.4) is 0 Å². The molecule has 0 spiro atoms. The van der Waals surface area contributed by atoms with Crippen molar-refractivity contribution in [2.75, 3.05) is 5.32 Å². The van der Waals surface area contributed by atoms with Gasteiger partial charge >= 0.3 is 0 Å². The number of halogens is 1. The SMILES string of the molecule is CC(C)(C)NC(=O)c1cc(Nc2cccc(F)c2)ncn1. The molecule has 0 fully saturated rings. The minimum Gasteiger partial charge on any atom is -0.346 e. The number of amides is 1. The molecule has 1 aromatic heterocycles. The van der Waals surface area contributed by atoms with E-state index in [-0.39, 0.29) is 23.0 Å². The Morgan fingerprint density at radius 1 is 1.19 bits per heavy atom. The summed E-state index contributed by atoms with van der Waals surface area (Å²) in [6, 6.07) is 7.52. The summed E-state index contributed by atoms with van der Waals surface area (Å²) >= 11 is 0. The van der Waals surface area contributed by atoms with Crippen molar-refractivity contribution >= 4 is 17.4 Å². The van der Waals surface area contributed by atoms with Gasteiger partial charge in [0.25, 0.3) is 5.91 Å². The van der Waals surface area contributed by atoms with E-state index in [9.17, 15) is 9.18 Å². The van der Waals surface area contributed by atoms with Crippen LogP contribution in [0.1, 0.15) is 31.3 Å². The zero-order valence-corrected chi connectivity index (χ0v) is 12.1. The van der Waals surface area contributed by atoms with Gasteiger partial charge in [-0.2, -0.15) is 0 Å². The first-order valence-electron chi connectivity index (χ1n) is 6.51. The van der Waals surface area contributed by atoms with Crippen LogP contribution in [0.25, 0.3) is 0 Å². The Labute approximate surface area is 122 Å². The quantitative estimate of drug-likeness (QED) is 0.911. The van der Waals surface area contributed by atoms with Gasteiger partial charge in [0.05, 0.1) is 0 Å². The van der Waals surface area contributed by atoms with E-state index in [4.69, 9.17) is 0 Å². The lowest BCUT2D eigenvalue weighted by atomic mass is 10.1. The summed E-state index contributed by atoms with van der Waals surface area (Å²) in [5.74, 6) is -0.207. The highest BCUT2D eigenvalue weighted by atomic mass is 19.1. The van der Waals surface area contributed by atoms with Crippen molar-refractivity contribution < 1.29 is 9.18 Å². The number of aromatic nitrogens is 2. The molecule has 0 radical (unpaired) electrons. The number of anilines is 2. The smallest absolute Gasteiger partial charge is 0.270 e. The lowest BCUT2D eigenvalue weighted by Crippen LogP contribution is -2.40. The molecule has 2 rings (SSSR count). The summed E-state index contributed by atoms with van der Waals surface area (Å²) in [5, 5.41) is 5.75. The van der Waals surface area contributed by atoms with Crippen molar-refractivity contribution in [1.82, 2.24) is 15.3 Å². The normalized spacial score (nSPS) is 11.0. The van der Waals surface area contributed by atoms with Gasteiger partial charge in [-0.05, 0) is 39.0 Å². The molecule has 0 saturated heterocycles. The average molecular weight is 288 g/mol. The number of hydrogen-bond donors (Lipinski definition) is 2. The number of nitrogens with one attached hydrogen (secondary N) is 2. The molecule has 0 atom stereocenters. The van der Waals surface area contributed by atoms with Crippen LogP contribution in [0.15, 0.2) is 36.7 Å². The fourth-order valence-corrected chi connectivity index (χ4v) is 1.67. The van der Waals surface area contributed by atoms with Gasteiger partial charge in [-0.1, -0.05) is 6.07 Å². The summed E-state index contributed by atoms with van der Waals surface area (Å²) in [7, 11) is 0. The van der Waals surface area contributed by atoms with Gasteiger partial charge in [0.2, 0.25) is 0 Å². The zero-order chi connectivity index (χ0) is 15.5. The predicted octanol–water partition coefficient (Wildman–Crippen LogP) is 2.89. The topological polar surface area (TPSA) is 66.9 Å². The summed E-state index contributed by atoms with van der Waals surface area (Å²) in [6.45, 7) is 5.66. The molecule has 1 aromatic carbocycles. The number of hydrogen-bond acceptors (Lipinski definition) is 4. The molecular weight excluding hydrogens is 271 g/mol. The van der Waals surface area contributed by atoms with E-state index in [2.05, 4.69) is 20.6 Å². The molecule has 21 heavy (non-hydrogen) atoms. The van der Waals surface area contributed by atoms with E-state index in [1.807, 2.05) is 20.8 Å². The molecule has 1 heterocycles. The molecule has 110 valence electrons. The number of rotatable bonds is 3. The lowest BCUT2D eigenvalue weighted by Gasteiger charge is -2.20. The Bertz CT molecular complexity index is 652. The van der Waals surface area contributed by atoms with Crippen LogP contribution in [0, 0.1) is 5.82 Å². The van der Waals surface area contributed by atoms with Gasteiger partial charge in [0, 0.05) is 17.3 Å². The molecule has 0 aliphatic carbocycles. The largest absolute Gasteiger partial charge is 0.346 e.